The molecule has 0 spiro atoms. The van der Waals surface area contributed by atoms with E-state index in [-0.39, 0.29) is 0 Å². The van der Waals surface area contributed by atoms with Gasteiger partial charge in [-0.1, -0.05) is 28.0 Å². The van der Waals surface area contributed by atoms with Crippen molar-refractivity contribution in [1.29, 1.82) is 0 Å². The second kappa shape index (κ2) is 4.81. The van der Waals surface area contributed by atoms with Crippen molar-refractivity contribution in [2.45, 2.75) is 6.92 Å². The van der Waals surface area contributed by atoms with Crippen LogP contribution in [0.2, 0.25) is 0 Å². The maximum absolute atomic E-state index is 4.15. The normalized spacial score (nSPS) is 11.2. The van der Waals surface area contributed by atoms with Gasteiger partial charge in [0.25, 0.3) is 5.95 Å². The highest BCUT2D eigenvalue weighted by molar-refractivity contribution is 5.70. The molecule has 3 rings (SSSR count). The molecule has 0 atom stereocenters. The summed E-state index contributed by atoms with van der Waals surface area (Å²) in [4.78, 5) is 15.0. The summed E-state index contributed by atoms with van der Waals surface area (Å²) in [6, 6.07) is 7.85. The lowest BCUT2D eigenvalue weighted by atomic mass is 10.2. The summed E-state index contributed by atoms with van der Waals surface area (Å²) in [6.45, 7) is 2.03. The average Bonchev–Trinajstić information content (AvgIpc) is 2.83. The van der Waals surface area contributed by atoms with E-state index in [1.165, 1.54) is 11.9 Å². The van der Waals surface area contributed by atoms with Crippen LogP contribution in [0.1, 0.15) is 5.56 Å². The number of rotatable bonds is 3. The topological polar surface area (TPSA) is 91.2 Å². The minimum atomic E-state index is 0.384. The summed E-state index contributed by atoms with van der Waals surface area (Å²) in [5.74, 6) is 0.384. The third-order valence-corrected chi connectivity index (χ3v) is 2.52. The Balaban J connectivity index is 1.73. The molecule has 2 heterocycles. The van der Waals surface area contributed by atoms with Gasteiger partial charge in [0.05, 0.1) is 11.9 Å². The smallest absolute Gasteiger partial charge is 0.251 e. The standard InChI is InChI=1S/C12H11N7/c1-8-2-4-9(5-3-8)17-19-18-12-15-10-6-13-7-14-11(10)16-12/h2-7H,1H3,(H2,13,14,15,16,17,18). The van der Waals surface area contributed by atoms with Crippen molar-refractivity contribution < 1.29 is 0 Å². The predicted molar refractivity (Wildman–Crippen MR) is 71.0 cm³/mol. The number of hydrogen-bond acceptors (Lipinski definition) is 5. The molecular formula is C12H11N7. The molecule has 0 aliphatic carbocycles. The average molecular weight is 253 g/mol. The molecule has 0 aliphatic heterocycles. The summed E-state index contributed by atoms with van der Waals surface area (Å²) >= 11 is 0. The van der Waals surface area contributed by atoms with Crippen LogP contribution in [-0.4, -0.2) is 19.9 Å². The molecule has 0 fully saturated rings. The lowest BCUT2D eigenvalue weighted by molar-refractivity contribution is 1.07. The van der Waals surface area contributed by atoms with E-state index >= 15 is 0 Å². The number of anilines is 1. The number of nitrogens with zero attached hydrogens (tertiary/aromatic N) is 5. The highest BCUT2D eigenvalue weighted by Crippen LogP contribution is 2.13. The van der Waals surface area contributed by atoms with Crippen molar-refractivity contribution in [2.75, 3.05) is 5.43 Å². The van der Waals surface area contributed by atoms with E-state index < -0.39 is 0 Å². The van der Waals surface area contributed by atoms with Crippen molar-refractivity contribution in [3.63, 3.8) is 0 Å². The minimum Gasteiger partial charge on any atom is -0.318 e. The summed E-state index contributed by atoms with van der Waals surface area (Å²) in [5.41, 5.74) is 6.18. The van der Waals surface area contributed by atoms with Crippen LogP contribution in [0.4, 0.5) is 11.6 Å². The number of hydrogen-bond donors (Lipinski definition) is 2. The van der Waals surface area contributed by atoms with Crippen LogP contribution in [0, 0.1) is 6.92 Å². The number of nitrogens with one attached hydrogen (secondary N) is 2. The SMILES string of the molecule is Cc1ccc(N/N=N/c2nc3ncncc3[nH]2)cc1. The van der Waals surface area contributed by atoms with Gasteiger partial charge in [0, 0.05) is 0 Å². The van der Waals surface area contributed by atoms with Gasteiger partial charge in [-0.3, -0.25) is 5.43 Å². The Bertz CT molecular complexity index is 681. The zero-order valence-corrected chi connectivity index (χ0v) is 10.2. The molecule has 0 saturated heterocycles. The molecule has 0 unspecified atom stereocenters. The number of aryl methyl sites for hydroxylation is 1. The molecule has 0 aliphatic rings. The van der Waals surface area contributed by atoms with Crippen LogP contribution in [0.3, 0.4) is 0 Å². The number of fused-ring (bicyclic) bond motifs is 1. The Morgan fingerprint density at radius 3 is 2.84 bits per heavy atom. The van der Waals surface area contributed by atoms with Crippen LogP contribution >= 0.6 is 0 Å². The molecule has 0 radical (unpaired) electrons. The number of aromatic amines is 1. The first kappa shape index (κ1) is 11.3. The van der Waals surface area contributed by atoms with E-state index in [0.717, 1.165) is 11.2 Å². The van der Waals surface area contributed by atoms with Gasteiger partial charge in [-0.25, -0.2) is 9.97 Å². The van der Waals surface area contributed by atoms with E-state index in [4.69, 9.17) is 0 Å². The van der Waals surface area contributed by atoms with E-state index in [0.29, 0.717) is 11.6 Å². The molecule has 2 aromatic heterocycles. The van der Waals surface area contributed by atoms with Crippen molar-refractivity contribution in [1.82, 2.24) is 19.9 Å². The summed E-state index contributed by atoms with van der Waals surface area (Å²) in [5, 5.41) is 7.81. The fraction of sp³-hybridized carbons (Fsp3) is 0.0833. The number of imidazole rings is 1. The fourth-order valence-electron chi connectivity index (χ4n) is 1.55. The van der Waals surface area contributed by atoms with Crippen molar-refractivity contribution >= 4 is 22.8 Å². The lowest BCUT2D eigenvalue weighted by Crippen LogP contribution is -1.85. The van der Waals surface area contributed by atoms with E-state index in [1.54, 1.807) is 6.20 Å². The molecule has 2 N–H and O–H groups in total. The third-order valence-electron chi connectivity index (χ3n) is 2.52. The van der Waals surface area contributed by atoms with E-state index in [2.05, 4.69) is 35.7 Å². The van der Waals surface area contributed by atoms with Crippen LogP contribution in [0.25, 0.3) is 11.2 Å². The first-order valence-corrected chi connectivity index (χ1v) is 5.70. The van der Waals surface area contributed by atoms with Gasteiger partial charge < -0.3 is 4.98 Å². The largest absolute Gasteiger partial charge is 0.318 e. The van der Waals surface area contributed by atoms with Gasteiger partial charge >= 0.3 is 0 Å². The predicted octanol–water partition coefficient (Wildman–Crippen LogP) is 2.77. The fourth-order valence-corrected chi connectivity index (χ4v) is 1.55. The Morgan fingerprint density at radius 2 is 2.05 bits per heavy atom. The monoisotopic (exact) mass is 253 g/mol. The van der Waals surface area contributed by atoms with Crippen molar-refractivity contribution in [2.24, 2.45) is 10.3 Å². The lowest BCUT2D eigenvalue weighted by Gasteiger charge is -1.97. The molecular weight excluding hydrogens is 242 g/mol. The van der Waals surface area contributed by atoms with Gasteiger partial charge in [-0.05, 0) is 19.1 Å². The molecule has 1 aromatic carbocycles. The van der Waals surface area contributed by atoms with Gasteiger partial charge in [0.2, 0.25) is 0 Å². The number of benzene rings is 1. The third kappa shape index (κ3) is 2.54. The van der Waals surface area contributed by atoms with Gasteiger partial charge in [0.1, 0.15) is 11.8 Å². The number of aromatic nitrogens is 4. The van der Waals surface area contributed by atoms with E-state index in [9.17, 15) is 0 Å². The summed E-state index contributed by atoms with van der Waals surface area (Å²) in [6.07, 6.45) is 3.08. The van der Waals surface area contributed by atoms with Crippen LogP contribution in [0.5, 0.6) is 0 Å². The van der Waals surface area contributed by atoms with Crippen molar-refractivity contribution in [3.8, 4) is 0 Å². The van der Waals surface area contributed by atoms with Gasteiger partial charge in [0.15, 0.2) is 5.65 Å². The second-order valence-electron chi connectivity index (χ2n) is 4.00. The highest BCUT2D eigenvalue weighted by Gasteiger charge is 2.01. The molecule has 0 amide bonds. The quantitative estimate of drug-likeness (QED) is 0.554. The Kier molecular flexibility index (Phi) is 2.85. The summed E-state index contributed by atoms with van der Waals surface area (Å²) < 4.78 is 0. The van der Waals surface area contributed by atoms with Crippen LogP contribution in [-0.2, 0) is 0 Å². The van der Waals surface area contributed by atoms with Crippen LogP contribution in [0.15, 0.2) is 47.1 Å². The zero-order chi connectivity index (χ0) is 13.1. The Morgan fingerprint density at radius 1 is 1.21 bits per heavy atom. The first-order chi connectivity index (χ1) is 9.31. The molecule has 7 heteroatoms. The molecule has 7 nitrogen and oxygen atoms in total. The molecule has 0 saturated carbocycles. The minimum absolute atomic E-state index is 0.384. The zero-order valence-electron chi connectivity index (χ0n) is 10.2. The second-order valence-corrected chi connectivity index (χ2v) is 4.00. The summed E-state index contributed by atoms with van der Waals surface area (Å²) in [7, 11) is 0. The van der Waals surface area contributed by atoms with Crippen LogP contribution < -0.4 is 5.43 Å². The maximum Gasteiger partial charge on any atom is 0.251 e. The Hall–Kier alpha value is -2.83. The maximum atomic E-state index is 4.15. The van der Waals surface area contributed by atoms with Crippen molar-refractivity contribution in [3.05, 3.63) is 42.4 Å². The molecule has 0 bridgehead atoms. The molecule has 3 aromatic rings. The highest BCUT2D eigenvalue weighted by atomic mass is 15.4. The van der Waals surface area contributed by atoms with E-state index in [1.807, 2.05) is 31.2 Å². The van der Waals surface area contributed by atoms with Gasteiger partial charge in [-0.15, -0.1) is 0 Å². The van der Waals surface area contributed by atoms with Gasteiger partial charge in [-0.2, -0.15) is 4.98 Å². The number of H-pyrrole nitrogens is 1. The Labute approximate surface area is 108 Å². The molecule has 19 heavy (non-hydrogen) atoms. The molecule has 94 valence electrons. The first-order valence-electron chi connectivity index (χ1n) is 5.70.